The number of unbranched alkanes of at least 4 members (excludes halogenated alkanes) is 1. The zero-order valence-electron chi connectivity index (χ0n) is 11.3. The van der Waals surface area contributed by atoms with Gasteiger partial charge in [-0.25, -0.2) is 4.68 Å². The van der Waals surface area contributed by atoms with Gasteiger partial charge in [0.05, 0.1) is 5.69 Å². The first kappa shape index (κ1) is 13.9. The summed E-state index contributed by atoms with van der Waals surface area (Å²) in [6.07, 6.45) is 2.06. The highest BCUT2D eigenvalue weighted by atomic mass is 16.1. The van der Waals surface area contributed by atoms with Crippen LogP contribution >= 0.6 is 0 Å². The van der Waals surface area contributed by atoms with E-state index in [9.17, 15) is 4.79 Å². The molecule has 0 amide bonds. The van der Waals surface area contributed by atoms with Gasteiger partial charge in [0.1, 0.15) is 0 Å². The molecule has 0 unspecified atom stereocenters. The number of hydrogen-bond acceptors (Lipinski definition) is 3. The van der Waals surface area contributed by atoms with E-state index in [2.05, 4.69) is 31.2 Å². The van der Waals surface area contributed by atoms with Crippen LogP contribution in [0.3, 0.4) is 0 Å². The lowest BCUT2D eigenvalue weighted by Crippen LogP contribution is -2.31. The van der Waals surface area contributed by atoms with Crippen molar-refractivity contribution < 1.29 is 0 Å². The van der Waals surface area contributed by atoms with Crippen LogP contribution in [-0.4, -0.2) is 15.8 Å². The van der Waals surface area contributed by atoms with Crippen molar-refractivity contribution in [2.24, 2.45) is 0 Å². The van der Waals surface area contributed by atoms with Gasteiger partial charge >= 0.3 is 0 Å². The maximum Gasteiger partial charge on any atom is 0.271 e. The molecule has 1 heterocycles. The summed E-state index contributed by atoms with van der Waals surface area (Å²) in [5, 5.41) is 7.55. The Labute approximate surface area is 103 Å². The van der Waals surface area contributed by atoms with E-state index >= 15 is 0 Å². The van der Waals surface area contributed by atoms with E-state index in [1.54, 1.807) is 4.68 Å². The predicted molar refractivity (Wildman–Crippen MR) is 70.1 cm³/mol. The Morgan fingerprint density at radius 2 is 2.18 bits per heavy atom. The molecule has 0 saturated carbocycles. The highest BCUT2D eigenvalue weighted by Gasteiger charge is 2.06. The summed E-state index contributed by atoms with van der Waals surface area (Å²) in [7, 11) is 0. The molecule has 4 heteroatoms. The van der Waals surface area contributed by atoms with Crippen LogP contribution in [0.1, 0.15) is 44.9 Å². The molecule has 0 spiro atoms. The molecule has 0 saturated heterocycles. The average Bonchev–Trinajstić information content (AvgIpc) is 2.27. The topological polar surface area (TPSA) is 46.9 Å². The maximum absolute atomic E-state index is 12.1. The van der Waals surface area contributed by atoms with Crippen LogP contribution in [-0.2, 0) is 13.1 Å². The van der Waals surface area contributed by atoms with E-state index in [-0.39, 0.29) is 5.56 Å². The van der Waals surface area contributed by atoms with Crippen molar-refractivity contribution in [1.29, 1.82) is 0 Å². The van der Waals surface area contributed by atoms with Crippen molar-refractivity contribution in [2.45, 2.75) is 59.7 Å². The van der Waals surface area contributed by atoms with Gasteiger partial charge in [-0.05, 0) is 19.4 Å². The molecule has 0 aliphatic heterocycles. The van der Waals surface area contributed by atoms with Crippen LogP contribution < -0.4 is 10.9 Å². The van der Waals surface area contributed by atoms with E-state index < -0.39 is 0 Å². The third kappa shape index (κ3) is 4.30. The number of nitrogens with one attached hydrogen (secondary N) is 1. The van der Waals surface area contributed by atoms with Gasteiger partial charge < -0.3 is 5.32 Å². The normalized spacial score (nSPS) is 11.1. The molecule has 1 N–H and O–H groups in total. The van der Waals surface area contributed by atoms with Gasteiger partial charge in [0.25, 0.3) is 5.56 Å². The minimum absolute atomic E-state index is 0.0391. The van der Waals surface area contributed by atoms with E-state index in [0.29, 0.717) is 19.1 Å². The maximum atomic E-state index is 12.1. The summed E-state index contributed by atoms with van der Waals surface area (Å²) in [4.78, 5) is 12.1. The molecular formula is C13H23N3O. The van der Waals surface area contributed by atoms with Crippen molar-refractivity contribution in [3.63, 3.8) is 0 Å². The molecule has 1 rings (SSSR count). The van der Waals surface area contributed by atoms with E-state index in [4.69, 9.17) is 0 Å². The molecule has 17 heavy (non-hydrogen) atoms. The van der Waals surface area contributed by atoms with Crippen molar-refractivity contribution in [2.75, 3.05) is 0 Å². The van der Waals surface area contributed by atoms with Gasteiger partial charge in [-0.1, -0.05) is 27.2 Å². The second kappa shape index (κ2) is 6.55. The molecule has 0 aromatic carbocycles. The van der Waals surface area contributed by atoms with Gasteiger partial charge in [-0.2, -0.15) is 5.10 Å². The number of hydrogen-bond donors (Lipinski definition) is 1. The Bertz CT molecular complexity index is 410. The third-order valence-corrected chi connectivity index (χ3v) is 2.59. The number of aromatic nitrogens is 2. The molecule has 4 nitrogen and oxygen atoms in total. The van der Waals surface area contributed by atoms with Crippen LogP contribution in [0.4, 0.5) is 0 Å². The molecule has 0 bridgehead atoms. The molecular weight excluding hydrogens is 214 g/mol. The van der Waals surface area contributed by atoms with Gasteiger partial charge in [-0.3, -0.25) is 4.79 Å². The second-order valence-electron chi connectivity index (χ2n) is 4.73. The SMILES string of the molecule is CCCCn1nc(C)cc(CNC(C)C)c1=O. The van der Waals surface area contributed by atoms with E-state index in [1.807, 2.05) is 13.0 Å². The monoisotopic (exact) mass is 237 g/mol. The largest absolute Gasteiger partial charge is 0.310 e. The highest BCUT2D eigenvalue weighted by molar-refractivity contribution is 5.12. The zero-order valence-corrected chi connectivity index (χ0v) is 11.3. The molecule has 1 aromatic rings. The van der Waals surface area contributed by atoms with Crippen molar-refractivity contribution in [1.82, 2.24) is 15.1 Å². The second-order valence-corrected chi connectivity index (χ2v) is 4.73. The van der Waals surface area contributed by atoms with Crippen LogP contribution in [0.25, 0.3) is 0 Å². The Kier molecular flexibility index (Phi) is 5.35. The van der Waals surface area contributed by atoms with Crippen molar-refractivity contribution in [3.8, 4) is 0 Å². The van der Waals surface area contributed by atoms with Gasteiger partial charge in [0, 0.05) is 24.7 Å². The van der Waals surface area contributed by atoms with E-state index in [1.165, 1.54) is 0 Å². The summed E-state index contributed by atoms with van der Waals surface area (Å²) in [5.74, 6) is 0. The first-order valence-electron chi connectivity index (χ1n) is 6.35. The molecule has 0 fully saturated rings. The number of rotatable bonds is 6. The van der Waals surface area contributed by atoms with Crippen molar-refractivity contribution >= 4 is 0 Å². The Hall–Kier alpha value is -1.16. The van der Waals surface area contributed by atoms with Gasteiger partial charge in [-0.15, -0.1) is 0 Å². The zero-order chi connectivity index (χ0) is 12.8. The lowest BCUT2D eigenvalue weighted by Gasteiger charge is -2.11. The summed E-state index contributed by atoms with van der Waals surface area (Å²) < 4.78 is 1.59. The van der Waals surface area contributed by atoms with Crippen LogP contribution in [0, 0.1) is 6.92 Å². The average molecular weight is 237 g/mol. The molecule has 96 valence electrons. The Morgan fingerprint density at radius 1 is 1.47 bits per heavy atom. The Balaban J connectivity index is 2.89. The quantitative estimate of drug-likeness (QED) is 0.821. The van der Waals surface area contributed by atoms with Crippen molar-refractivity contribution in [3.05, 3.63) is 27.7 Å². The fourth-order valence-corrected chi connectivity index (χ4v) is 1.64. The summed E-state index contributed by atoms with van der Waals surface area (Å²) in [6, 6.07) is 2.26. The Morgan fingerprint density at radius 3 is 2.76 bits per heavy atom. The number of nitrogens with zero attached hydrogens (tertiary/aromatic N) is 2. The third-order valence-electron chi connectivity index (χ3n) is 2.59. The highest BCUT2D eigenvalue weighted by Crippen LogP contribution is 1.98. The first-order chi connectivity index (χ1) is 8.04. The summed E-state index contributed by atoms with van der Waals surface area (Å²) in [5.41, 5.74) is 1.75. The molecule has 1 aromatic heterocycles. The minimum atomic E-state index is 0.0391. The van der Waals surface area contributed by atoms with Gasteiger partial charge in [0.15, 0.2) is 0 Å². The standard InChI is InChI=1S/C13H23N3O/c1-5-6-7-16-13(17)12(8-11(4)15-16)9-14-10(2)3/h8,10,14H,5-7,9H2,1-4H3. The summed E-state index contributed by atoms with van der Waals surface area (Å²) in [6.45, 7) is 9.52. The van der Waals surface area contributed by atoms with Gasteiger partial charge in [0.2, 0.25) is 0 Å². The molecule has 0 radical (unpaired) electrons. The lowest BCUT2D eigenvalue weighted by molar-refractivity contribution is 0.521. The molecule has 0 aliphatic rings. The van der Waals surface area contributed by atoms with Crippen LogP contribution in [0.5, 0.6) is 0 Å². The fourth-order valence-electron chi connectivity index (χ4n) is 1.64. The van der Waals surface area contributed by atoms with Crippen LogP contribution in [0.15, 0.2) is 10.9 Å². The molecule has 0 aliphatic carbocycles. The predicted octanol–water partition coefficient (Wildman–Crippen LogP) is 1.85. The minimum Gasteiger partial charge on any atom is -0.310 e. The van der Waals surface area contributed by atoms with E-state index in [0.717, 1.165) is 24.1 Å². The smallest absolute Gasteiger partial charge is 0.271 e. The first-order valence-corrected chi connectivity index (χ1v) is 6.35. The fraction of sp³-hybridized carbons (Fsp3) is 0.692. The molecule has 0 atom stereocenters. The summed E-state index contributed by atoms with van der Waals surface area (Å²) >= 11 is 0. The number of aryl methyl sites for hydroxylation is 2. The van der Waals surface area contributed by atoms with Crippen LogP contribution in [0.2, 0.25) is 0 Å². The lowest BCUT2D eigenvalue weighted by atomic mass is 10.2.